The Balaban J connectivity index is 1.78. The summed E-state index contributed by atoms with van der Waals surface area (Å²) < 4.78 is 16.5. The molecule has 2 heterocycles. The van der Waals surface area contributed by atoms with Crippen molar-refractivity contribution in [2.45, 2.75) is 20.3 Å². The van der Waals surface area contributed by atoms with Crippen LogP contribution in [-0.4, -0.2) is 30.5 Å². The third-order valence-electron chi connectivity index (χ3n) is 5.04. The molecular weight excluding hydrogens is 380 g/mol. The molecule has 1 aliphatic heterocycles. The van der Waals surface area contributed by atoms with Crippen molar-refractivity contribution in [3.8, 4) is 45.4 Å². The molecule has 156 valence electrons. The van der Waals surface area contributed by atoms with E-state index in [-0.39, 0.29) is 12.5 Å². The van der Waals surface area contributed by atoms with Gasteiger partial charge in [0.05, 0.1) is 12.8 Å². The van der Waals surface area contributed by atoms with E-state index in [4.69, 9.17) is 19.2 Å². The van der Waals surface area contributed by atoms with Crippen molar-refractivity contribution < 1.29 is 19.3 Å². The zero-order valence-electron chi connectivity index (χ0n) is 17.4. The van der Waals surface area contributed by atoms with Crippen LogP contribution in [0, 0.1) is 5.92 Å². The summed E-state index contributed by atoms with van der Waals surface area (Å²) in [5, 5.41) is 13.4. The van der Waals surface area contributed by atoms with Crippen molar-refractivity contribution in [3.63, 3.8) is 0 Å². The highest BCUT2D eigenvalue weighted by molar-refractivity contribution is 5.80. The smallest absolute Gasteiger partial charge is 0.231 e. The van der Waals surface area contributed by atoms with Gasteiger partial charge in [0, 0.05) is 17.7 Å². The Bertz CT molecular complexity index is 1050. The number of phenolic OH excluding ortho intramolecular Hbond substituents is 1. The molecule has 0 bridgehead atoms. The summed E-state index contributed by atoms with van der Waals surface area (Å²) in [6.07, 6.45) is 1.05. The molecule has 0 fully saturated rings. The van der Waals surface area contributed by atoms with Gasteiger partial charge in [0.2, 0.25) is 6.79 Å². The summed E-state index contributed by atoms with van der Waals surface area (Å²) in [5.41, 5.74) is 3.55. The average molecular weight is 406 g/mol. The van der Waals surface area contributed by atoms with Gasteiger partial charge in [0.25, 0.3) is 0 Å². The number of phenols is 1. The maximum absolute atomic E-state index is 9.95. The molecule has 6 nitrogen and oxygen atoms in total. The van der Waals surface area contributed by atoms with Crippen LogP contribution in [0.25, 0.3) is 22.4 Å². The number of aromatic nitrogens is 1. The highest BCUT2D eigenvalue weighted by atomic mass is 16.7. The number of anilines is 1. The van der Waals surface area contributed by atoms with Crippen LogP contribution in [-0.2, 0) is 0 Å². The van der Waals surface area contributed by atoms with Crippen molar-refractivity contribution in [2.75, 3.05) is 25.8 Å². The fraction of sp³-hybridized carbons (Fsp3) is 0.292. The number of rotatable bonds is 7. The Labute approximate surface area is 176 Å². The molecule has 0 spiro atoms. The molecule has 2 aromatic carbocycles. The first kappa shape index (κ1) is 19.9. The minimum absolute atomic E-state index is 0.0964. The predicted molar refractivity (Wildman–Crippen MR) is 117 cm³/mol. The largest absolute Gasteiger partial charge is 0.504 e. The first-order valence-corrected chi connectivity index (χ1v) is 10.1. The van der Waals surface area contributed by atoms with Gasteiger partial charge in [-0.1, -0.05) is 26.0 Å². The fourth-order valence-electron chi connectivity index (χ4n) is 3.41. The number of ether oxygens (including phenoxy) is 3. The summed E-state index contributed by atoms with van der Waals surface area (Å²) in [6.45, 7) is 5.45. The van der Waals surface area contributed by atoms with Crippen molar-refractivity contribution in [2.24, 2.45) is 5.92 Å². The lowest BCUT2D eigenvalue weighted by atomic mass is 10.0. The SMILES string of the molecule is COc1cc(-c2cc(-c3cccc4c3OCO4)cc(NCCC(C)C)n2)ccc1O. The minimum atomic E-state index is 0.0964. The molecule has 1 aliphatic rings. The number of methoxy groups -OCH3 is 1. The molecule has 4 rings (SSSR count). The zero-order valence-corrected chi connectivity index (χ0v) is 17.4. The van der Waals surface area contributed by atoms with Gasteiger partial charge in [0.1, 0.15) is 5.82 Å². The van der Waals surface area contributed by atoms with Gasteiger partial charge in [-0.15, -0.1) is 0 Å². The minimum Gasteiger partial charge on any atom is -0.504 e. The standard InChI is InChI=1S/C24H26N2O4/c1-15(2)9-10-25-23-13-17(18-5-4-6-21-24(18)30-14-29-21)11-19(26-23)16-7-8-20(27)22(12-16)28-3/h4-8,11-13,15,27H,9-10,14H2,1-3H3,(H,25,26). The van der Waals surface area contributed by atoms with Crippen LogP contribution in [0.3, 0.4) is 0 Å². The molecule has 0 saturated heterocycles. The van der Waals surface area contributed by atoms with E-state index in [0.717, 1.165) is 52.7 Å². The normalized spacial score (nSPS) is 12.3. The van der Waals surface area contributed by atoms with E-state index in [1.807, 2.05) is 36.4 Å². The number of para-hydroxylation sites is 1. The van der Waals surface area contributed by atoms with Gasteiger partial charge < -0.3 is 24.6 Å². The third kappa shape index (κ3) is 4.13. The second-order valence-corrected chi connectivity index (χ2v) is 7.66. The second-order valence-electron chi connectivity index (χ2n) is 7.66. The van der Waals surface area contributed by atoms with Gasteiger partial charge in [-0.05, 0) is 54.3 Å². The fourth-order valence-corrected chi connectivity index (χ4v) is 3.41. The quantitative estimate of drug-likeness (QED) is 0.553. The molecule has 0 atom stereocenters. The Morgan fingerprint density at radius 2 is 1.97 bits per heavy atom. The lowest BCUT2D eigenvalue weighted by Gasteiger charge is -2.14. The number of hydrogen-bond acceptors (Lipinski definition) is 6. The van der Waals surface area contributed by atoms with E-state index < -0.39 is 0 Å². The maximum atomic E-state index is 9.95. The Hall–Kier alpha value is -3.41. The summed E-state index contributed by atoms with van der Waals surface area (Å²) in [7, 11) is 1.53. The van der Waals surface area contributed by atoms with E-state index in [1.165, 1.54) is 7.11 Å². The molecule has 0 amide bonds. The van der Waals surface area contributed by atoms with E-state index in [9.17, 15) is 5.11 Å². The Morgan fingerprint density at radius 3 is 2.77 bits per heavy atom. The molecule has 2 N–H and O–H groups in total. The van der Waals surface area contributed by atoms with E-state index in [2.05, 4.69) is 19.2 Å². The summed E-state index contributed by atoms with van der Waals surface area (Å²) in [6, 6.07) is 15.1. The number of hydrogen-bond donors (Lipinski definition) is 2. The van der Waals surface area contributed by atoms with E-state index in [1.54, 1.807) is 12.1 Å². The molecule has 3 aromatic rings. The summed E-state index contributed by atoms with van der Waals surface area (Å²) in [4.78, 5) is 4.80. The topological polar surface area (TPSA) is 72.8 Å². The van der Waals surface area contributed by atoms with Crippen molar-refractivity contribution in [3.05, 3.63) is 48.5 Å². The van der Waals surface area contributed by atoms with Crippen LogP contribution in [0.5, 0.6) is 23.0 Å². The van der Waals surface area contributed by atoms with Crippen molar-refractivity contribution in [1.29, 1.82) is 0 Å². The van der Waals surface area contributed by atoms with E-state index in [0.29, 0.717) is 11.7 Å². The van der Waals surface area contributed by atoms with Gasteiger partial charge in [-0.25, -0.2) is 4.98 Å². The van der Waals surface area contributed by atoms with Crippen LogP contribution in [0.4, 0.5) is 5.82 Å². The summed E-state index contributed by atoms with van der Waals surface area (Å²) >= 11 is 0. The van der Waals surface area contributed by atoms with Crippen LogP contribution in [0.15, 0.2) is 48.5 Å². The number of aromatic hydroxyl groups is 1. The lowest BCUT2D eigenvalue weighted by Crippen LogP contribution is -2.06. The average Bonchev–Trinajstić information content (AvgIpc) is 3.22. The Kier molecular flexibility index (Phi) is 5.65. The molecule has 30 heavy (non-hydrogen) atoms. The number of benzene rings is 2. The monoisotopic (exact) mass is 406 g/mol. The van der Waals surface area contributed by atoms with Crippen molar-refractivity contribution in [1.82, 2.24) is 4.98 Å². The Morgan fingerprint density at radius 1 is 1.10 bits per heavy atom. The third-order valence-corrected chi connectivity index (χ3v) is 5.04. The van der Waals surface area contributed by atoms with Gasteiger partial charge in [0.15, 0.2) is 23.0 Å². The molecule has 0 radical (unpaired) electrons. The van der Waals surface area contributed by atoms with E-state index >= 15 is 0 Å². The van der Waals surface area contributed by atoms with Crippen LogP contribution in [0.1, 0.15) is 20.3 Å². The zero-order chi connectivity index (χ0) is 21.1. The molecule has 1 aromatic heterocycles. The van der Waals surface area contributed by atoms with Crippen LogP contribution < -0.4 is 19.5 Å². The van der Waals surface area contributed by atoms with Gasteiger partial charge in [-0.2, -0.15) is 0 Å². The number of fused-ring (bicyclic) bond motifs is 1. The van der Waals surface area contributed by atoms with Gasteiger partial charge in [-0.3, -0.25) is 0 Å². The number of pyridine rings is 1. The van der Waals surface area contributed by atoms with Gasteiger partial charge >= 0.3 is 0 Å². The molecular formula is C24H26N2O4. The highest BCUT2D eigenvalue weighted by Gasteiger charge is 2.19. The first-order valence-electron chi connectivity index (χ1n) is 10.1. The lowest BCUT2D eigenvalue weighted by molar-refractivity contribution is 0.174. The number of nitrogens with zero attached hydrogens (tertiary/aromatic N) is 1. The second kappa shape index (κ2) is 8.53. The maximum Gasteiger partial charge on any atom is 0.231 e. The number of nitrogens with one attached hydrogen (secondary N) is 1. The predicted octanol–water partition coefficient (Wildman–Crippen LogP) is 5.32. The van der Waals surface area contributed by atoms with Crippen LogP contribution in [0.2, 0.25) is 0 Å². The molecule has 0 unspecified atom stereocenters. The summed E-state index contributed by atoms with van der Waals surface area (Å²) in [5.74, 6) is 3.37. The first-order chi connectivity index (χ1) is 14.5. The van der Waals surface area contributed by atoms with Crippen molar-refractivity contribution >= 4 is 5.82 Å². The molecule has 0 aliphatic carbocycles. The molecule has 0 saturated carbocycles. The molecule has 6 heteroatoms. The van der Waals surface area contributed by atoms with Crippen LogP contribution >= 0.6 is 0 Å². The highest BCUT2D eigenvalue weighted by Crippen LogP contribution is 2.42.